The van der Waals surface area contributed by atoms with Crippen LogP contribution in [0.5, 0.6) is 5.75 Å². The van der Waals surface area contributed by atoms with Gasteiger partial charge in [-0.1, -0.05) is 6.07 Å². The van der Waals surface area contributed by atoms with Gasteiger partial charge in [0.05, 0.1) is 4.92 Å². The SMILES string of the molecule is Cc1ccc([N+](=O)[O-])c(OP(=O)(O)O)c1. The van der Waals surface area contributed by atoms with E-state index >= 15 is 0 Å². The van der Waals surface area contributed by atoms with Gasteiger partial charge in [-0.2, -0.15) is 0 Å². The fourth-order valence-corrected chi connectivity index (χ4v) is 1.38. The summed E-state index contributed by atoms with van der Waals surface area (Å²) >= 11 is 0. The van der Waals surface area contributed by atoms with Gasteiger partial charge in [-0.3, -0.25) is 19.9 Å². The highest BCUT2D eigenvalue weighted by Crippen LogP contribution is 2.41. The lowest BCUT2D eigenvalue weighted by Crippen LogP contribution is -1.96. The maximum Gasteiger partial charge on any atom is 0.525 e. The molecular formula is C7H8NO6P. The molecule has 0 saturated carbocycles. The Labute approximate surface area is 84.7 Å². The predicted octanol–water partition coefficient (Wildman–Crippen LogP) is 1.37. The number of nitro benzene ring substituents is 1. The number of nitro groups is 1. The molecule has 7 nitrogen and oxygen atoms in total. The maximum atomic E-state index is 10.5. The van der Waals surface area contributed by atoms with Gasteiger partial charge in [0.2, 0.25) is 5.75 Å². The molecule has 2 N–H and O–H groups in total. The summed E-state index contributed by atoms with van der Waals surface area (Å²) < 4.78 is 14.7. The van der Waals surface area contributed by atoms with E-state index in [0.29, 0.717) is 5.56 Å². The smallest absolute Gasteiger partial charge is 0.397 e. The summed E-state index contributed by atoms with van der Waals surface area (Å²) in [6.07, 6.45) is 0. The monoisotopic (exact) mass is 233 g/mol. The number of phosphoric acid groups is 1. The van der Waals surface area contributed by atoms with Crippen molar-refractivity contribution in [2.75, 3.05) is 0 Å². The van der Waals surface area contributed by atoms with Crippen molar-refractivity contribution in [1.29, 1.82) is 0 Å². The van der Waals surface area contributed by atoms with Crippen molar-refractivity contribution in [2.45, 2.75) is 6.92 Å². The minimum Gasteiger partial charge on any atom is -0.397 e. The Balaban J connectivity index is 3.19. The van der Waals surface area contributed by atoms with Crippen LogP contribution in [0.25, 0.3) is 0 Å². The first-order chi connectivity index (χ1) is 6.79. The first kappa shape index (κ1) is 11.6. The molecule has 0 amide bonds. The number of aryl methyl sites for hydroxylation is 1. The molecule has 0 heterocycles. The van der Waals surface area contributed by atoms with Crippen LogP contribution in [0.1, 0.15) is 5.56 Å². The van der Waals surface area contributed by atoms with E-state index in [4.69, 9.17) is 9.79 Å². The molecule has 0 radical (unpaired) electrons. The lowest BCUT2D eigenvalue weighted by Gasteiger charge is -2.07. The second-order valence-electron chi connectivity index (χ2n) is 2.81. The highest BCUT2D eigenvalue weighted by atomic mass is 31.2. The van der Waals surface area contributed by atoms with Gasteiger partial charge in [-0.15, -0.1) is 0 Å². The minimum atomic E-state index is -4.78. The molecule has 0 saturated heterocycles. The molecule has 15 heavy (non-hydrogen) atoms. The minimum absolute atomic E-state index is 0.437. The van der Waals surface area contributed by atoms with Crippen molar-refractivity contribution >= 4 is 13.5 Å². The standard InChI is InChI=1S/C7H8NO6P/c1-5-2-3-6(8(9)10)7(4-5)14-15(11,12)13/h2-4H,1H3,(H2,11,12,13). The molecule has 0 aliphatic heterocycles. The molecule has 1 rings (SSSR count). The topological polar surface area (TPSA) is 110 Å². The molecule has 0 spiro atoms. The maximum absolute atomic E-state index is 10.5. The highest BCUT2D eigenvalue weighted by Gasteiger charge is 2.23. The van der Waals surface area contributed by atoms with Crippen molar-refractivity contribution in [3.63, 3.8) is 0 Å². The lowest BCUT2D eigenvalue weighted by atomic mass is 10.2. The second kappa shape index (κ2) is 3.98. The van der Waals surface area contributed by atoms with Crippen molar-refractivity contribution in [2.24, 2.45) is 0 Å². The number of hydrogen-bond donors (Lipinski definition) is 2. The van der Waals surface area contributed by atoms with E-state index in [9.17, 15) is 14.7 Å². The molecule has 0 aliphatic carbocycles. The largest absolute Gasteiger partial charge is 0.525 e. The molecule has 1 aromatic carbocycles. The number of benzene rings is 1. The van der Waals surface area contributed by atoms with Gasteiger partial charge in [0.1, 0.15) is 0 Å². The van der Waals surface area contributed by atoms with E-state index in [1.165, 1.54) is 12.1 Å². The molecule has 0 fully saturated rings. The average Bonchev–Trinajstić information content (AvgIpc) is 1.99. The molecule has 1 aromatic rings. The Morgan fingerprint density at radius 1 is 1.47 bits per heavy atom. The van der Waals surface area contributed by atoms with Crippen LogP contribution in [0.15, 0.2) is 18.2 Å². The molecule has 0 bridgehead atoms. The van der Waals surface area contributed by atoms with Crippen molar-refractivity contribution in [3.8, 4) is 5.75 Å². The van der Waals surface area contributed by atoms with E-state index in [1.807, 2.05) is 0 Å². The summed E-state index contributed by atoms with van der Waals surface area (Å²) in [4.78, 5) is 26.8. The predicted molar refractivity (Wildman–Crippen MR) is 50.5 cm³/mol. The van der Waals surface area contributed by atoms with Gasteiger partial charge in [-0.25, -0.2) is 4.57 Å². The van der Waals surface area contributed by atoms with Crippen LogP contribution in [0.4, 0.5) is 5.69 Å². The van der Waals surface area contributed by atoms with Crippen LogP contribution >= 0.6 is 7.82 Å². The van der Waals surface area contributed by atoms with Crippen LogP contribution in [-0.2, 0) is 4.57 Å². The fraction of sp³-hybridized carbons (Fsp3) is 0.143. The third-order valence-electron chi connectivity index (χ3n) is 1.53. The van der Waals surface area contributed by atoms with Crippen LogP contribution in [0.2, 0.25) is 0 Å². The summed E-state index contributed by atoms with van der Waals surface area (Å²) in [7, 11) is -4.78. The van der Waals surface area contributed by atoms with E-state index < -0.39 is 24.2 Å². The Bertz CT molecular complexity index is 439. The summed E-state index contributed by atoms with van der Waals surface area (Å²) in [5.41, 5.74) is 0.118. The number of nitrogens with zero attached hydrogens (tertiary/aromatic N) is 1. The van der Waals surface area contributed by atoms with Crippen LogP contribution < -0.4 is 4.52 Å². The van der Waals surface area contributed by atoms with Gasteiger partial charge in [0.25, 0.3) is 0 Å². The van der Waals surface area contributed by atoms with Crippen LogP contribution in [0.3, 0.4) is 0 Å². The summed E-state index contributed by atoms with van der Waals surface area (Å²) in [5.74, 6) is -0.437. The van der Waals surface area contributed by atoms with E-state index in [2.05, 4.69) is 4.52 Å². The Morgan fingerprint density at radius 2 is 2.07 bits per heavy atom. The van der Waals surface area contributed by atoms with E-state index in [1.54, 1.807) is 6.92 Å². The Kier molecular flexibility index (Phi) is 3.09. The zero-order valence-corrected chi connectivity index (χ0v) is 8.55. The van der Waals surface area contributed by atoms with E-state index in [0.717, 1.165) is 6.07 Å². The van der Waals surface area contributed by atoms with Gasteiger partial charge >= 0.3 is 13.5 Å². The first-order valence-electron chi connectivity index (χ1n) is 3.80. The third-order valence-corrected chi connectivity index (χ3v) is 1.96. The normalized spacial score (nSPS) is 11.1. The second-order valence-corrected chi connectivity index (χ2v) is 3.97. The zero-order valence-electron chi connectivity index (χ0n) is 7.65. The fourth-order valence-electron chi connectivity index (χ4n) is 0.973. The van der Waals surface area contributed by atoms with Gasteiger partial charge in [0, 0.05) is 6.07 Å². The van der Waals surface area contributed by atoms with Crippen LogP contribution in [-0.4, -0.2) is 14.7 Å². The molecular weight excluding hydrogens is 225 g/mol. The third kappa shape index (κ3) is 3.32. The summed E-state index contributed by atoms with van der Waals surface area (Å²) in [5, 5.41) is 10.5. The van der Waals surface area contributed by atoms with Gasteiger partial charge in [-0.05, 0) is 18.6 Å². The molecule has 0 aromatic heterocycles. The molecule has 82 valence electrons. The number of phosphoric ester groups is 1. The first-order valence-corrected chi connectivity index (χ1v) is 5.33. The van der Waals surface area contributed by atoms with Crippen molar-refractivity contribution < 1.29 is 23.8 Å². The van der Waals surface area contributed by atoms with Crippen molar-refractivity contribution in [1.82, 2.24) is 0 Å². The Morgan fingerprint density at radius 3 is 2.53 bits per heavy atom. The van der Waals surface area contributed by atoms with Gasteiger partial charge in [0.15, 0.2) is 0 Å². The van der Waals surface area contributed by atoms with Gasteiger partial charge < -0.3 is 4.52 Å². The van der Waals surface area contributed by atoms with Crippen molar-refractivity contribution in [3.05, 3.63) is 33.9 Å². The zero-order chi connectivity index (χ0) is 11.6. The molecule has 0 atom stereocenters. The molecule has 0 aliphatic rings. The van der Waals surface area contributed by atoms with Crippen LogP contribution in [0, 0.1) is 17.0 Å². The highest BCUT2D eigenvalue weighted by molar-refractivity contribution is 7.46. The number of hydrogen-bond acceptors (Lipinski definition) is 4. The lowest BCUT2D eigenvalue weighted by molar-refractivity contribution is -0.385. The number of rotatable bonds is 3. The quantitative estimate of drug-likeness (QED) is 0.463. The Hall–Kier alpha value is -1.43. The summed E-state index contributed by atoms with van der Waals surface area (Å²) in [6.45, 7) is 1.62. The molecule has 0 unspecified atom stereocenters. The summed E-state index contributed by atoms with van der Waals surface area (Å²) in [6, 6.07) is 3.77. The van der Waals surface area contributed by atoms with E-state index in [-0.39, 0.29) is 0 Å². The molecule has 8 heteroatoms. The average molecular weight is 233 g/mol.